The Morgan fingerprint density at radius 2 is 2.07 bits per heavy atom. The lowest BCUT2D eigenvalue weighted by atomic mass is 10.0. The summed E-state index contributed by atoms with van der Waals surface area (Å²) in [5.74, 6) is 0.532. The minimum atomic E-state index is -0.835. The van der Waals surface area contributed by atoms with Crippen LogP contribution in [0.25, 0.3) is 0 Å². The van der Waals surface area contributed by atoms with Crippen LogP contribution in [0.1, 0.15) is 22.7 Å². The molecular weight excluding hydrogens is 194 g/mol. The Morgan fingerprint density at radius 1 is 1.43 bits per heavy atom. The lowest BCUT2D eigenvalue weighted by Gasteiger charge is -2.13. The second-order valence-electron chi connectivity index (χ2n) is 3.71. The van der Waals surface area contributed by atoms with Crippen LogP contribution < -0.4 is 5.73 Å². The molecule has 0 radical (unpaired) electrons. The zero-order chi connectivity index (χ0) is 10.7. The van der Waals surface area contributed by atoms with Crippen LogP contribution in [0.4, 0.5) is 0 Å². The smallest absolute Gasteiger partial charge is 0.0425 e. The highest BCUT2D eigenvalue weighted by Gasteiger charge is 2.10. The van der Waals surface area contributed by atoms with E-state index in [9.17, 15) is 4.21 Å². The molecule has 0 fully saturated rings. The molecule has 0 aliphatic carbocycles. The van der Waals surface area contributed by atoms with Crippen LogP contribution in [0.5, 0.6) is 0 Å². The van der Waals surface area contributed by atoms with Crippen molar-refractivity contribution in [1.82, 2.24) is 0 Å². The molecule has 2 N–H and O–H groups in total. The van der Waals surface area contributed by atoms with E-state index in [1.165, 1.54) is 11.1 Å². The number of rotatable bonds is 3. The van der Waals surface area contributed by atoms with Gasteiger partial charge in [-0.15, -0.1) is 0 Å². The van der Waals surface area contributed by atoms with E-state index in [1.807, 2.05) is 19.1 Å². The van der Waals surface area contributed by atoms with Gasteiger partial charge in [-0.2, -0.15) is 0 Å². The Morgan fingerprint density at radius 3 is 2.57 bits per heavy atom. The molecule has 14 heavy (non-hydrogen) atoms. The van der Waals surface area contributed by atoms with Crippen LogP contribution in [0.15, 0.2) is 18.2 Å². The lowest BCUT2D eigenvalue weighted by molar-refractivity contribution is 0.679. The highest BCUT2D eigenvalue weighted by molar-refractivity contribution is 7.84. The molecule has 0 amide bonds. The number of hydrogen-bond acceptors (Lipinski definition) is 2. The molecule has 0 spiro atoms. The van der Waals surface area contributed by atoms with Crippen LogP contribution in [-0.2, 0) is 10.8 Å². The van der Waals surface area contributed by atoms with Gasteiger partial charge < -0.3 is 5.73 Å². The molecule has 0 aromatic heterocycles. The van der Waals surface area contributed by atoms with E-state index in [0.29, 0.717) is 5.75 Å². The van der Waals surface area contributed by atoms with Gasteiger partial charge in [-0.05, 0) is 25.0 Å². The van der Waals surface area contributed by atoms with Crippen LogP contribution in [0.2, 0.25) is 0 Å². The van der Waals surface area contributed by atoms with Crippen molar-refractivity contribution < 1.29 is 4.21 Å². The zero-order valence-corrected chi connectivity index (χ0v) is 9.73. The van der Waals surface area contributed by atoms with Gasteiger partial charge in [0.1, 0.15) is 0 Å². The molecule has 0 saturated carbocycles. The second kappa shape index (κ2) is 4.71. The van der Waals surface area contributed by atoms with Crippen molar-refractivity contribution in [3.63, 3.8) is 0 Å². The van der Waals surface area contributed by atoms with Crippen molar-refractivity contribution in [2.75, 3.05) is 12.0 Å². The van der Waals surface area contributed by atoms with Crippen molar-refractivity contribution in [2.24, 2.45) is 5.73 Å². The Bertz CT molecular complexity index is 349. The fourth-order valence-corrected chi connectivity index (χ4v) is 2.27. The lowest BCUT2D eigenvalue weighted by Crippen LogP contribution is -2.18. The third kappa shape index (κ3) is 2.93. The number of benzene rings is 1. The van der Waals surface area contributed by atoms with Gasteiger partial charge in [0, 0.05) is 28.9 Å². The quantitative estimate of drug-likeness (QED) is 0.826. The molecule has 3 heteroatoms. The minimum absolute atomic E-state index is 0.110. The predicted octanol–water partition coefficient (Wildman–Crippen LogP) is 1.68. The second-order valence-corrected chi connectivity index (χ2v) is 5.19. The molecule has 0 saturated heterocycles. The van der Waals surface area contributed by atoms with Crippen molar-refractivity contribution in [1.29, 1.82) is 0 Å². The van der Waals surface area contributed by atoms with Crippen molar-refractivity contribution in [3.8, 4) is 0 Å². The van der Waals surface area contributed by atoms with E-state index in [1.54, 1.807) is 6.26 Å². The SMILES string of the molecule is Cc1ccc(C(N)CS(C)=O)c(C)c1. The van der Waals surface area contributed by atoms with Crippen LogP contribution in [-0.4, -0.2) is 16.2 Å². The Kier molecular flexibility index (Phi) is 3.84. The van der Waals surface area contributed by atoms with Gasteiger partial charge in [0.15, 0.2) is 0 Å². The van der Waals surface area contributed by atoms with Gasteiger partial charge >= 0.3 is 0 Å². The average molecular weight is 211 g/mol. The standard InChI is InChI=1S/C11H17NOS/c1-8-4-5-10(9(2)6-8)11(12)7-14(3)13/h4-6,11H,7,12H2,1-3H3. The summed E-state index contributed by atoms with van der Waals surface area (Å²) in [6.45, 7) is 4.10. The molecule has 0 aliphatic heterocycles. The Labute approximate surface area is 88.0 Å². The maximum atomic E-state index is 11.0. The summed E-state index contributed by atoms with van der Waals surface area (Å²) in [4.78, 5) is 0. The van der Waals surface area contributed by atoms with Gasteiger partial charge in [0.25, 0.3) is 0 Å². The van der Waals surface area contributed by atoms with Crippen LogP contribution >= 0.6 is 0 Å². The summed E-state index contributed by atoms with van der Waals surface area (Å²) in [6, 6.07) is 6.07. The van der Waals surface area contributed by atoms with E-state index in [0.717, 1.165) is 5.56 Å². The first-order chi connectivity index (χ1) is 6.50. The highest BCUT2D eigenvalue weighted by atomic mass is 32.2. The molecule has 1 aromatic carbocycles. The first kappa shape index (κ1) is 11.4. The van der Waals surface area contributed by atoms with E-state index < -0.39 is 10.8 Å². The highest BCUT2D eigenvalue weighted by Crippen LogP contribution is 2.17. The molecular formula is C11H17NOS. The van der Waals surface area contributed by atoms with Crippen LogP contribution in [0, 0.1) is 13.8 Å². The number of nitrogens with two attached hydrogens (primary N) is 1. The molecule has 0 aliphatic rings. The maximum absolute atomic E-state index is 11.0. The van der Waals surface area contributed by atoms with E-state index in [2.05, 4.69) is 13.0 Å². The number of hydrogen-bond donors (Lipinski definition) is 1. The average Bonchev–Trinajstić information content (AvgIpc) is 2.01. The minimum Gasteiger partial charge on any atom is -0.323 e. The zero-order valence-electron chi connectivity index (χ0n) is 8.91. The van der Waals surface area contributed by atoms with Gasteiger partial charge in [0.05, 0.1) is 0 Å². The first-order valence-corrected chi connectivity index (χ1v) is 6.36. The van der Waals surface area contributed by atoms with Gasteiger partial charge in [-0.3, -0.25) is 4.21 Å². The van der Waals surface area contributed by atoms with Crippen LogP contribution in [0.3, 0.4) is 0 Å². The Balaban J connectivity index is 2.90. The normalized spacial score (nSPS) is 15.1. The molecule has 1 rings (SSSR count). The molecule has 1 aromatic rings. The largest absolute Gasteiger partial charge is 0.323 e. The predicted molar refractivity (Wildman–Crippen MR) is 61.8 cm³/mol. The summed E-state index contributed by atoms with van der Waals surface area (Å²) in [7, 11) is -0.835. The van der Waals surface area contributed by atoms with Gasteiger partial charge in [-0.25, -0.2) is 0 Å². The maximum Gasteiger partial charge on any atom is 0.0425 e. The summed E-state index contributed by atoms with van der Waals surface area (Å²) < 4.78 is 11.0. The molecule has 2 unspecified atom stereocenters. The molecule has 2 nitrogen and oxygen atoms in total. The Hall–Kier alpha value is -0.670. The van der Waals surface area contributed by atoms with E-state index in [-0.39, 0.29) is 6.04 Å². The van der Waals surface area contributed by atoms with Crippen molar-refractivity contribution in [3.05, 3.63) is 34.9 Å². The first-order valence-electron chi connectivity index (χ1n) is 4.63. The summed E-state index contributed by atoms with van der Waals surface area (Å²) in [6.07, 6.45) is 1.68. The van der Waals surface area contributed by atoms with Gasteiger partial charge in [0.2, 0.25) is 0 Å². The summed E-state index contributed by atoms with van der Waals surface area (Å²) in [5, 5.41) is 0. The third-order valence-electron chi connectivity index (χ3n) is 2.24. The number of aryl methyl sites for hydroxylation is 2. The monoisotopic (exact) mass is 211 g/mol. The molecule has 0 bridgehead atoms. The van der Waals surface area contributed by atoms with Gasteiger partial charge in [-0.1, -0.05) is 23.8 Å². The summed E-state index contributed by atoms with van der Waals surface area (Å²) >= 11 is 0. The fourth-order valence-electron chi connectivity index (χ4n) is 1.58. The molecule has 2 atom stereocenters. The topological polar surface area (TPSA) is 43.1 Å². The summed E-state index contributed by atoms with van der Waals surface area (Å²) in [5.41, 5.74) is 9.47. The fraction of sp³-hybridized carbons (Fsp3) is 0.455. The van der Waals surface area contributed by atoms with E-state index >= 15 is 0 Å². The van der Waals surface area contributed by atoms with Crippen molar-refractivity contribution >= 4 is 10.8 Å². The van der Waals surface area contributed by atoms with E-state index in [4.69, 9.17) is 5.73 Å². The molecule has 78 valence electrons. The third-order valence-corrected chi connectivity index (χ3v) is 3.07. The molecule has 0 heterocycles. The van der Waals surface area contributed by atoms with Crippen molar-refractivity contribution in [2.45, 2.75) is 19.9 Å².